The lowest BCUT2D eigenvalue weighted by atomic mass is 10.1. The van der Waals surface area contributed by atoms with E-state index in [2.05, 4.69) is 21.2 Å². The van der Waals surface area contributed by atoms with E-state index in [-0.39, 0.29) is 23.9 Å². The van der Waals surface area contributed by atoms with Crippen LogP contribution in [-0.4, -0.2) is 28.5 Å². The molecule has 1 aliphatic carbocycles. The molecule has 1 fully saturated rings. The monoisotopic (exact) mass is 416 g/mol. The highest BCUT2D eigenvalue weighted by atomic mass is 79.9. The zero-order chi connectivity index (χ0) is 18.2. The molecule has 2 aromatic rings. The molecule has 1 amide bonds. The highest BCUT2D eigenvalue weighted by Gasteiger charge is 2.41. The number of rotatable bonds is 4. The Morgan fingerprint density at radius 2 is 1.92 bits per heavy atom. The topological polar surface area (TPSA) is 51.1 Å². The molecule has 4 nitrogen and oxygen atoms in total. The van der Waals surface area contributed by atoms with Crippen LogP contribution in [0.15, 0.2) is 28.9 Å². The van der Waals surface area contributed by atoms with Crippen LogP contribution in [0.5, 0.6) is 0 Å². The van der Waals surface area contributed by atoms with Crippen LogP contribution in [0.2, 0.25) is 0 Å². The molecular weight excluding hydrogens is 401 g/mol. The van der Waals surface area contributed by atoms with Gasteiger partial charge in [-0.25, -0.2) is 0 Å². The molecule has 134 valence electrons. The van der Waals surface area contributed by atoms with Gasteiger partial charge in [-0.1, -0.05) is 28.8 Å². The fraction of sp³-hybridized carbons (Fsp3) is 0.412. The molecule has 0 atom stereocenters. The van der Waals surface area contributed by atoms with E-state index in [1.54, 1.807) is 12.1 Å². The average Bonchev–Trinajstić information content (AvgIpc) is 3.13. The van der Waals surface area contributed by atoms with Crippen molar-refractivity contribution >= 4 is 38.5 Å². The Morgan fingerprint density at radius 1 is 1.24 bits per heavy atom. The van der Waals surface area contributed by atoms with Gasteiger partial charge in [0.1, 0.15) is 6.54 Å². The molecule has 0 spiro atoms. The summed E-state index contributed by atoms with van der Waals surface area (Å²) in [5.74, 6) is -2.18. The van der Waals surface area contributed by atoms with Gasteiger partial charge in [0.05, 0.1) is 5.56 Å². The van der Waals surface area contributed by atoms with Crippen molar-refractivity contribution in [3.63, 3.8) is 0 Å². The van der Waals surface area contributed by atoms with E-state index in [1.165, 1.54) is 10.6 Å². The van der Waals surface area contributed by atoms with E-state index in [0.29, 0.717) is 9.99 Å². The van der Waals surface area contributed by atoms with Crippen molar-refractivity contribution in [1.82, 2.24) is 9.88 Å². The predicted octanol–water partition coefficient (Wildman–Crippen LogP) is 4.21. The van der Waals surface area contributed by atoms with Crippen LogP contribution in [0.25, 0.3) is 10.9 Å². The Hall–Kier alpha value is -1.83. The number of hydrogen-bond acceptors (Lipinski definition) is 2. The molecule has 25 heavy (non-hydrogen) atoms. The number of fused-ring (bicyclic) bond motifs is 1. The quantitative estimate of drug-likeness (QED) is 0.758. The third-order valence-corrected chi connectivity index (χ3v) is 4.87. The van der Waals surface area contributed by atoms with Crippen LogP contribution < -0.4 is 5.32 Å². The molecule has 1 saturated carbocycles. The van der Waals surface area contributed by atoms with Crippen molar-refractivity contribution in [2.75, 3.05) is 0 Å². The van der Waals surface area contributed by atoms with Crippen LogP contribution in [0.4, 0.5) is 13.2 Å². The molecule has 1 heterocycles. The van der Waals surface area contributed by atoms with Crippen molar-refractivity contribution in [1.29, 1.82) is 0 Å². The van der Waals surface area contributed by atoms with E-state index in [9.17, 15) is 22.8 Å². The third-order valence-electron chi connectivity index (χ3n) is 4.38. The number of nitrogens with zero attached hydrogens (tertiary/aromatic N) is 1. The molecule has 0 bridgehead atoms. The molecule has 8 heteroatoms. The minimum atomic E-state index is -4.96. The number of benzene rings is 1. The van der Waals surface area contributed by atoms with Gasteiger partial charge in [-0.3, -0.25) is 9.59 Å². The standard InChI is InChI=1S/C17H16BrF3N2O2/c18-10-5-6-14-12(7-10)13(16(25)17(19,20)21)8-23(14)9-15(24)22-11-3-1-2-4-11/h5-8,11H,1-4,9H2,(H,22,24). The first-order chi connectivity index (χ1) is 11.8. The number of nitrogens with one attached hydrogen (secondary N) is 1. The minimum absolute atomic E-state index is 0.125. The predicted molar refractivity (Wildman–Crippen MR) is 90.4 cm³/mol. The van der Waals surface area contributed by atoms with Crippen molar-refractivity contribution in [3.8, 4) is 0 Å². The number of carbonyl (C=O) groups excluding carboxylic acids is 2. The molecule has 0 saturated heterocycles. The number of aromatic nitrogens is 1. The maximum absolute atomic E-state index is 12.9. The van der Waals surface area contributed by atoms with Crippen molar-refractivity contribution in [3.05, 3.63) is 34.4 Å². The summed E-state index contributed by atoms with van der Waals surface area (Å²) in [6.07, 6.45) is 0.117. The van der Waals surface area contributed by atoms with Crippen LogP contribution in [0, 0.1) is 0 Å². The number of hydrogen-bond donors (Lipinski definition) is 1. The minimum Gasteiger partial charge on any atom is -0.352 e. The van der Waals surface area contributed by atoms with Crippen LogP contribution in [0.3, 0.4) is 0 Å². The van der Waals surface area contributed by atoms with Gasteiger partial charge < -0.3 is 9.88 Å². The summed E-state index contributed by atoms with van der Waals surface area (Å²) in [6, 6.07) is 4.84. The van der Waals surface area contributed by atoms with Crippen molar-refractivity contribution in [2.24, 2.45) is 0 Å². The molecule has 1 N–H and O–H groups in total. The summed E-state index contributed by atoms with van der Waals surface area (Å²) >= 11 is 3.20. The highest BCUT2D eigenvalue weighted by molar-refractivity contribution is 9.10. The smallest absolute Gasteiger partial charge is 0.352 e. The summed E-state index contributed by atoms with van der Waals surface area (Å²) in [7, 11) is 0. The summed E-state index contributed by atoms with van der Waals surface area (Å²) in [6.45, 7) is -0.125. The number of Topliss-reactive ketones (excluding diaryl/α,β-unsaturated/α-hetero) is 1. The Labute approximate surface area is 150 Å². The Kier molecular flexibility index (Phi) is 4.90. The van der Waals surface area contributed by atoms with Crippen molar-refractivity contribution < 1.29 is 22.8 Å². The van der Waals surface area contributed by atoms with Gasteiger partial charge in [0.25, 0.3) is 5.78 Å². The first-order valence-corrected chi connectivity index (χ1v) is 8.74. The van der Waals surface area contributed by atoms with Gasteiger partial charge in [0.15, 0.2) is 0 Å². The molecule has 0 radical (unpaired) electrons. The van der Waals surface area contributed by atoms with E-state index in [4.69, 9.17) is 0 Å². The first-order valence-electron chi connectivity index (χ1n) is 7.95. The fourth-order valence-corrected chi connectivity index (χ4v) is 3.59. The first kappa shape index (κ1) is 18.0. The molecule has 1 aromatic carbocycles. The second-order valence-corrected chi connectivity index (χ2v) is 7.12. The van der Waals surface area contributed by atoms with Gasteiger partial charge in [-0.2, -0.15) is 13.2 Å². The van der Waals surface area contributed by atoms with Gasteiger partial charge in [0, 0.05) is 27.6 Å². The average molecular weight is 417 g/mol. The molecule has 1 aromatic heterocycles. The van der Waals surface area contributed by atoms with Crippen LogP contribution >= 0.6 is 15.9 Å². The molecular formula is C17H16BrF3N2O2. The number of alkyl halides is 3. The second kappa shape index (κ2) is 6.82. The molecule has 0 aliphatic heterocycles. The summed E-state index contributed by atoms with van der Waals surface area (Å²) in [5.41, 5.74) is -0.0326. The SMILES string of the molecule is O=C(Cn1cc(C(=O)C(F)(F)F)c2cc(Br)ccc21)NC1CCCC1. The zero-order valence-corrected chi connectivity index (χ0v) is 14.8. The number of halogens is 4. The van der Waals surface area contributed by atoms with E-state index < -0.39 is 17.5 Å². The maximum atomic E-state index is 12.9. The number of amides is 1. The third kappa shape index (κ3) is 3.89. The normalized spacial score (nSPS) is 15.7. The number of ketones is 1. The van der Waals surface area contributed by atoms with E-state index in [1.807, 2.05) is 0 Å². The van der Waals surface area contributed by atoms with Gasteiger partial charge in [0.2, 0.25) is 5.91 Å². The van der Waals surface area contributed by atoms with Gasteiger partial charge in [-0.05, 0) is 31.0 Å². The Balaban J connectivity index is 1.92. The summed E-state index contributed by atoms with van der Waals surface area (Å²) < 4.78 is 40.5. The molecule has 3 rings (SSSR count). The number of carbonyl (C=O) groups is 2. The summed E-state index contributed by atoms with van der Waals surface area (Å²) in [5, 5.41) is 3.07. The largest absolute Gasteiger partial charge is 0.454 e. The van der Waals surface area contributed by atoms with Crippen molar-refractivity contribution in [2.45, 2.75) is 44.4 Å². The Morgan fingerprint density at radius 3 is 2.56 bits per heavy atom. The zero-order valence-electron chi connectivity index (χ0n) is 13.2. The van der Waals surface area contributed by atoms with Crippen LogP contribution in [-0.2, 0) is 11.3 Å². The maximum Gasteiger partial charge on any atom is 0.454 e. The van der Waals surface area contributed by atoms with Gasteiger partial charge >= 0.3 is 6.18 Å². The molecule has 0 unspecified atom stereocenters. The lowest BCUT2D eigenvalue weighted by Gasteiger charge is -2.12. The molecule has 1 aliphatic rings. The lowest BCUT2D eigenvalue weighted by molar-refractivity contribution is -0.122. The fourth-order valence-electron chi connectivity index (χ4n) is 3.23. The summed E-state index contributed by atoms with van der Waals surface area (Å²) in [4.78, 5) is 23.9. The van der Waals surface area contributed by atoms with Crippen LogP contribution in [0.1, 0.15) is 36.0 Å². The van der Waals surface area contributed by atoms with E-state index in [0.717, 1.165) is 31.9 Å². The van der Waals surface area contributed by atoms with E-state index >= 15 is 0 Å². The lowest BCUT2D eigenvalue weighted by Crippen LogP contribution is -2.35. The second-order valence-electron chi connectivity index (χ2n) is 6.21. The highest BCUT2D eigenvalue weighted by Crippen LogP contribution is 2.30. The van der Waals surface area contributed by atoms with Gasteiger partial charge in [-0.15, -0.1) is 0 Å². The Bertz CT molecular complexity index is 823.